The molecule has 15 heavy (non-hydrogen) atoms. The smallest absolute Gasteiger partial charge is 0.126 e. The van der Waals surface area contributed by atoms with Crippen LogP contribution in [-0.4, -0.2) is 11.2 Å². The fraction of sp³-hybridized carbons (Fsp3) is 0.500. The van der Waals surface area contributed by atoms with E-state index in [1.165, 1.54) is 0 Å². The molecule has 0 bridgehead atoms. The van der Waals surface area contributed by atoms with Gasteiger partial charge in [0, 0.05) is 6.42 Å². The summed E-state index contributed by atoms with van der Waals surface area (Å²) in [5.41, 5.74) is 0.239. The van der Waals surface area contributed by atoms with Crippen LogP contribution in [0.2, 0.25) is 0 Å². The minimum absolute atomic E-state index is 0.0904. The third-order valence-electron chi connectivity index (χ3n) is 2.74. The van der Waals surface area contributed by atoms with Crippen molar-refractivity contribution in [3.05, 3.63) is 35.4 Å². The Morgan fingerprint density at radius 3 is 2.60 bits per heavy atom. The second-order valence-corrected chi connectivity index (χ2v) is 3.89. The Morgan fingerprint density at radius 1 is 1.33 bits per heavy atom. The Hall–Kier alpha value is -0.960. The highest BCUT2D eigenvalue weighted by Gasteiger charge is 2.15. The van der Waals surface area contributed by atoms with Crippen LogP contribution in [0.4, 0.5) is 8.78 Å². The maximum atomic E-state index is 13.2. The van der Waals surface area contributed by atoms with Crippen molar-refractivity contribution >= 4 is 0 Å². The van der Waals surface area contributed by atoms with Gasteiger partial charge >= 0.3 is 0 Å². The summed E-state index contributed by atoms with van der Waals surface area (Å²) in [6.45, 7) is 3.84. The molecule has 0 saturated heterocycles. The molecule has 84 valence electrons. The van der Waals surface area contributed by atoms with E-state index in [9.17, 15) is 13.9 Å². The van der Waals surface area contributed by atoms with Gasteiger partial charge in [0.1, 0.15) is 11.6 Å². The lowest BCUT2D eigenvalue weighted by Gasteiger charge is -2.17. The zero-order valence-electron chi connectivity index (χ0n) is 9.00. The first-order valence-electron chi connectivity index (χ1n) is 5.16. The quantitative estimate of drug-likeness (QED) is 0.817. The summed E-state index contributed by atoms with van der Waals surface area (Å²) < 4.78 is 26.1. The number of hydrogen-bond donors (Lipinski definition) is 1. The summed E-state index contributed by atoms with van der Waals surface area (Å²) in [4.78, 5) is 0. The molecule has 0 amide bonds. The molecule has 0 fully saturated rings. The molecule has 0 heterocycles. The number of aliphatic hydroxyl groups is 1. The molecule has 2 unspecified atom stereocenters. The Kier molecular flexibility index (Phi) is 4.21. The summed E-state index contributed by atoms with van der Waals surface area (Å²) in [5.74, 6) is -0.839. The first kappa shape index (κ1) is 12.1. The molecule has 0 saturated carbocycles. The molecule has 0 aliphatic rings. The molecule has 3 heteroatoms. The monoisotopic (exact) mass is 214 g/mol. The SMILES string of the molecule is CCC(C)C(O)Cc1cc(F)ccc1F. The van der Waals surface area contributed by atoms with Crippen LogP contribution in [0.1, 0.15) is 25.8 Å². The van der Waals surface area contributed by atoms with Gasteiger partial charge in [0.15, 0.2) is 0 Å². The maximum Gasteiger partial charge on any atom is 0.126 e. The second kappa shape index (κ2) is 5.21. The van der Waals surface area contributed by atoms with Gasteiger partial charge in [-0.05, 0) is 29.7 Å². The Bertz CT molecular complexity index is 325. The topological polar surface area (TPSA) is 20.2 Å². The minimum Gasteiger partial charge on any atom is -0.393 e. The minimum atomic E-state index is -0.619. The normalized spacial score (nSPS) is 15.0. The highest BCUT2D eigenvalue weighted by atomic mass is 19.1. The molecule has 1 rings (SSSR count). The molecule has 0 aromatic heterocycles. The summed E-state index contributed by atoms with van der Waals surface area (Å²) in [6, 6.07) is 3.31. The highest BCUT2D eigenvalue weighted by molar-refractivity contribution is 5.19. The summed E-state index contributed by atoms with van der Waals surface area (Å²) >= 11 is 0. The van der Waals surface area contributed by atoms with Gasteiger partial charge in [-0.25, -0.2) is 8.78 Å². The van der Waals surface area contributed by atoms with E-state index in [1.807, 2.05) is 13.8 Å². The van der Waals surface area contributed by atoms with E-state index in [2.05, 4.69) is 0 Å². The summed E-state index contributed by atoms with van der Waals surface area (Å²) in [5, 5.41) is 9.70. The van der Waals surface area contributed by atoms with E-state index in [0.29, 0.717) is 0 Å². The van der Waals surface area contributed by atoms with Crippen LogP contribution in [0, 0.1) is 17.6 Å². The summed E-state index contributed by atoms with van der Waals surface area (Å²) in [7, 11) is 0. The van der Waals surface area contributed by atoms with E-state index >= 15 is 0 Å². The number of hydrogen-bond acceptors (Lipinski definition) is 1. The molecule has 0 aliphatic carbocycles. The van der Waals surface area contributed by atoms with Crippen LogP contribution >= 0.6 is 0 Å². The van der Waals surface area contributed by atoms with E-state index in [1.54, 1.807) is 0 Å². The fourth-order valence-electron chi connectivity index (χ4n) is 1.40. The van der Waals surface area contributed by atoms with Crippen LogP contribution in [-0.2, 0) is 6.42 Å². The van der Waals surface area contributed by atoms with Crippen molar-refractivity contribution in [2.24, 2.45) is 5.92 Å². The van der Waals surface area contributed by atoms with E-state index in [4.69, 9.17) is 0 Å². The van der Waals surface area contributed by atoms with Crippen LogP contribution in [0.25, 0.3) is 0 Å². The highest BCUT2D eigenvalue weighted by Crippen LogP contribution is 2.16. The Morgan fingerprint density at radius 2 is 2.00 bits per heavy atom. The third kappa shape index (κ3) is 3.27. The standard InChI is InChI=1S/C12H16F2O/c1-3-8(2)12(15)7-9-6-10(13)4-5-11(9)14/h4-6,8,12,15H,3,7H2,1-2H3. The van der Waals surface area contributed by atoms with Gasteiger partial charge in [0.2, 0.25) is 0 Å². The second-order valence-electron chi connectivity index (χ2n) is 3.89. The molecule has 0 aliphatic heterocycles. The largest absolute Gasteiger partial charge is 0.393 e. The van der Waals surface area contributed by atoms with E-state index in [0.717, 1.165) is 24.6 Å². The predicted molar refractivity (Wildman–Crippen MR) is 55.5 cm³/mol. The lowest BCUT2D eigenvalue weighted by Crippen LogP contribution is -2.20. The van der Waals surface area contributed by atoms with Gasteiger partial charge in [0.25, 0.3) is 0 Å². The van der Waals surface area contributed by atoms with Gasteiger partial charge in [-0.15, -0.1) is 0 Å². The van der Waals surface area contributed by atoms with Gasteiger partial charge in [-0.2, -0.15) is 0 Å². The van der Waals surface area contributed by atoms with Gasteiger partial charge in [-0.1, -0.05) is 20.3 Å². The number of aliphatic hydroxyl groups excluding tert-OH is 1. The lowest BCUT2D eigenvalue weighted by atomic mass is 9.95. The zero-order chi connectivity index (χ0) is 11.4. The molecule has 1 nitrogen and oxygen atoms in total. The molecule has 0 radical (unpaired) electrons. The van der Waals surface area contributed by atoms with Crippen molar-refractivity contribution in [3.8, 4) is 0 Å². The molecule has 1 N–H and O–H groups in total. The van der Waals surface area contributed by atoms with Crippen molar-refractivity contribution in [2.75, 3.05) is 0 Å². The van der Waals surface area contributed by atoms with Crippen molar-refractivity contribution in [1.82, 2.24) is 0 Å². The molecule has 1 aromatic rings. The van der Waals surface area contributed by atoms with E-state index < -0.39 is 17.7 Å². The van der Waals surface area contributed by atoms with Gasteiger partial charge in [0.05, 0.1) is 6.10 Å². The van der Waals surface area contributed by atoms with Gasteiger partial charge in [-0.3, -0.25) is 0 Å². The first-order valence-corrected chi connectivity index (χ1v) is 5.16. The van der Waals surface area contributed by atoms with Crippen LogP contribution < -0.4 is 0 Å². The first-order chi connectivity index (χ1) is 7.04. The molecule has 1 aromatic carbocycles. The van der Waals surface area contributed by atoms with Crippen molar-refractivity contribution in [1.29, 1.82) is 0 Å². The van der Waals surface area contributed by atoms with Crippen LogP contribution in [0.15, 0.2) is 18.2 Å². The predicted octanol–water partition coefficient (Wildman–Crippen LogP) is 2.91. The Labute approximate surface area is 88.7 Å². The maximum absolute atomic E-state index is 13.2. The van der Waals surface area contributed by atoms with Crippen molar-refractivity contribution < 1.29 is 13.9 Å². The molecule has 2 atom stereocenters. The third-order valence-corrected chi connectivity index (χ3v) is 2.74. The van der Waals surface area contributed by atoms with Crippen LogP contribution in [0.3, 0.4) is 0 Å². The molecule has 0 spiro atoms. The van der Waals surface area contributed by atoms with Crippen molar-refractivity contribution in [3.63, 3.8) is 0 Å². The number of rotatable bonds is 4. The zero-order valence-corrected chi connectivity index (χ0v) is 9.00. The van der Waals surface area contributed by atoms with Crippen molar-refractivity contribution in [2.45, 2.75) is 32.8 Å². The molecular formula is C12H16F2O. The number of benzene rings is 1. The summed E-state index contributed by atoms with van der Waals surface area (Å²) in [6.07, 6.45) is 0.364. The van der Waals surface area contributed by atoms with E-state index in [-0.39, 0.29) is 17.9 Å². The average molecular weight is 214 g/mol. The van der Waals surface area contributed by atoms with Crippen LogP contribution in [0.5, 0.6) is 0 Å². The number of halogens is 2. The molecular weight excluding hydrogens is 198 g/mol. The fourth-order valence-corrected chi connectivity index (χ4v) is 1.40. The Balaban J connectivity index is 2.75. The lowest BCUT2D eigenvalue weighted by molar-refractivity contribution is 0.114. The average Bonchev–Trinajstić information content (AvgIpc) is 2.22. The van der Waals surface area contributed by atoms with Gasteiger partial charge < -0.3 is 5.11 Å².